The molecule has 0 spiro atoms. The van der Waals surface area contributed by atoms with Gasteiger partial charge in [-0.15, -0.1) is 0 Å². The van der Waals surface area contributed by atoms with E-state index >= 15 is 0 Å². The Morgan fingerprint density at radius 3 is 2.50 bits per heavy atom. The number of piperazine rings is 1. The quantitative estimate of drug-likeness (QED) is 0.209. The summed E-state index contributed by atoms with van der Waals surface area (Å²) in [6.45, 7) is 4.10. The molecular formula is C24H26N4O6. The average Bonchev–Trinajstić information content (AvgIpc) is 3.12. The molecule has 2 heterocycles. The molecular weight excluding hydrogens is 440 g/mol. The van der Waals surface area contributed by atoms with Gasteiger partial charge in [-0.25, -0.2) is 0 Å². The van der Waals surface area contributed by atoms with Crippen molar-refractivity contribution < 1.29 is 24.4 Å². The number of Topliss-reactive ketones (excluding diaryl/α,β-unsaturated/α-hetero) is 1. The van der Waals surface area contributed by atoms with Crippen LogP contribution in [0.15, 0.2) is 54.1 Å². The number of methoxy groups -OCH3 is 1. The summed E-state index contributed by atoms with van der Waals surface area (Å²) in [6, 6.07) is 11.3. The van der Waals surface area contributed by atoms with Crippen LogP contribution >= 0.6 is 0 Å². The van der Waals surface area contributed by atoms with E-state index in [4.69, 9.17) is 4.74 Å². The maximum absolute atomic E-state index is 13.1. The zero-order valence-corrected chi connectivity index (χ0v) is 18.8. The standard InChI is InChI=1S/C24H26N4O6/c1-34-19-7-5-16(6-8-19)22(29)20-21(17-3-2-4-18(15-17)28(32)33)27(24(31)23(20)30)14-13-26-11-9-25-10-12-26/h2-8,15,21,25,29H,9-14H2,1H3. The van der Waals surface area contributed by atoms with E-state index in [2.05, 4.69) is 10.2 Å². The SMILES string of the molecule is COc1ccc(C(O)=C2C(=O)C(=O)N(CCN3CCNCC3)C2c2cccc([N+](=O)[O-])c2)cc1. The lowest BCUT2D eigenvalue weighted by Crippen LogP contribution is -2.46. The fourth-order valence-corrected chi connectivity index (χ4v) is 4.35. The first-order valence-corrected chi connectivity index (χ1v) is 11.0. The molecule has 2 aliphatic rings. The number of nitro groups is 1. The van der Waals surface area contributed by atoms with Gasteiger partial charge in [0.1, 0.15) is 11.5 Å². The van der Waals surface area contributed by atoms with Gasteiger partial charge in [0, 0.05) is 57.0 Å². The van der Waals surface area contributed by atoms with E-state index in [0.717, 1.165) is 26.2 Å². The van der Waals surface area contributed by atoms with Gasteiger partial charge in [0.15, 0.2) is 0 Å². The molecule has 1 amide bonds. The van der Waals surface area contributed by atoms with Crippen LogP contribution in [-0.2, 0) is 9.59 Å². The van der Waals surface area contributed by atoms with Crippen molar-refractivity contribution in [2.45, 2.75) is 6.04 Å². The maximum Gasteiger partial charge on any atom is 0.295 e. The molecule has 10 heteroatoms. The third-order valence-electron chi connectivity index (χ3n) is 6.17. The monoisotopic (exact) mass is 466 g/mol. The average molecular weight is 466 g/mol. The topological polar surface area (TPSA) is 125 Å². The third-order valence-corrected chi connectivity index (χ3v) is 6.17. The van der Waals surface area contributed by atoms with Crippen LogP contribution in [0.5, 0.6) is 5.75 Å². The number of carbonyl (C=O) groups excluding carboxylic acids is 2. The van der Waals surface area contributed by atoms with E-state index in [1.165, 1.54) is 30.2 Å². The number of carbonyl (C=O) groups is 2. The first-order chi connectivity index (χ1) is 16.4. The summed E-state index contributed by atoms with van der Waals surface area (Å²) in [7, 11) is 1.51. The van der Waals surface area contributed by atoms with Crippen LogP contribution in [0.3, 0.4) is 0 Å². The van der Waals surface area contributed by atoms with Gasteiger partial charge in [0.25, 0.3) is 17.4 Å². The molecule has 1 atom stereocenters. The Labute approximate surface area is 196 Å². The molecule has 2 aromatic carbocycles. The number of ketones is 1. The van der Waals surface area contributed by atoms with Gasteiger partial charge in [0.05, 0.1) is 23.6 Å². The molecule has 2 aliphatic heterocycles. The van der Waals surface area contributed by atoms with Crippen LogP contribution in [0.25, 0.3) is 5.76 Å². The molecule has 178 valence electrons. The Hall–Kier alpha value is -3.76. The van der Waals surface area contributed by atoms with Crippen molar-refractivity contribution in [3.05, 3.63) is 75.3 Å². The molecule has 2 N–H and O–H groups in total. The number of aliphatic hydroxyl groups excluding tert-OH is 1. The summed E-state index contributed by atoms with van der Waals surface area (Å²) in [5, 5.41) is 25.8. The smallest absolute Gasteiger partial charge is 0.295 e. The van der Waals surface area contributed by atoms with Gasteiger partial charge in [-0.1, -0.05) is 12.1 Å². The summed E-state index contributed by atoms with van der Waals surface area (Å²) >= 11 is 0. The van der Waals surface area contributed by atoms with E-state index in [9.17, 15) is 24.8 Å². The van der Waals surface area contributed by atoms with Crippen LogP contribution in [0.1, 0.15) is 17.2 Å². The fourth-order valence-electron chi connectivity index (χ4n) is 4.35. The minimum absolute atomic E-state index is 0.0871. The summed E-state index contributed by atoms with van der Waals surface area (Å²) in [6.07, 6.45) is 0. The second-order valence-corrected chi connectivity index (χ2v) is 8.16. The normalized spacial score (nSPS) is 20.5. The molecule has 0 radical (unpaired) electrons. The molecule has 2 fully saturated rings. The van der Waals surface area contributed by atoms with Crippen molar-refractivity contribution in [1.82, 2.24) is 15.1 Å². The van der Waals surface area contributed by atoms with Gasteiger partial charge in [-0.05, 0) is 29.8 Å². The molecule has 4 rings (SSSR count). The minimum atomic E-state index is -0.940. The number of amides is 1. The summed E-state index contributed by atoms with van der Waals surface area (Å²) in [4.78, 5) is 40.6. The highest BCUT2D eigenvalue weighted by Gasteiger charge is 2.46. The number of nitrogens with one attached hydrogen (secondary N) is 1. The van der Waals surface area contributed by atoms with E-state index in [-0.39, 0.29) is 23.6 Å². The van der Waals surface area contributed by atoms with Gasteiger partial charge in [-0.2, -0.15) is 0 Å². The number of nitro benzene ring substituents is 1. The van der Waals surface area contributed by atoms with Crippen molar-refractivity contribution in [2.24, 2.45) is 0 Å². The van der Waals surface area contributed by atoms with E-state index in [1.54, 1.807) is 30.3 Å². The van der Waals surface area contributed by atoms with Crippen molar-refractivity contribution >= 4 is 23.1 Å². The number of hydrogen-bond donors (Lipinski definition) is 2. The van der Waals surface area contributed by atoms with Crippen molar-refractivity contribution in [1.29, 1.82) is 0 Å². The zero-order valence-electron chi connectivity index (χ0n) is 18.8. The van der Waals surface area contributed by atoms with Crippen LogP contribution in [-0.4, -0.2) is 77.9 Å². The molecule has 0 bridgehead atoms. The van der Waals surface area contributed by atoms with Gasteiger partial charge >= 0.3 is 0 Å². The Morgan fingerprint density at radius 1 is 1.15 bits per heavy atom. The highest BCUT2D eigenvalue weighted by atomic mass is 16.6. The molecule has 0 aromatic heterocycles. The number of benzene rings is 2. The Morgan fingerprint density at radius 2 is 1.85 bits per heavy atom. The molecule has 2 aromatic rings. The Kier molecular flexibility index (Phi) is 6.90. The second kappa shape index (κ2) is 10.0. The number of rotatable bonds is 7. The number of hydrogen-bond acceptors (Lipinski definition) is 8. The van der Waals surface area contributed by atoms with E-state index < -0.39 is 22.7 Å². The first kappa shape index (κ1) is 23.4. The maximum atomic E-state index is 13.1. The van der Waals surface area contributed by atoms with E-state index in [1.807, 2.05) is 0 Å². The lowest BCUT2D eigenvalue weighted by atomic mass is 9.95. The number of nitrogens with zero attached hydrogens (tertiary/aromatic N) is 3. The predicted octanol–water partition coefficient (Wildman–Crippen LogP) is 1.93. The number of aliphatic hydroxyl groups is 1. The molecule has 0 aliphatic carbocycles. The third kappa shape index (κ3) is 4.63. The van der Waals surface area contributed by atoms with Crippen LogP contribution in [0, 0.1) is 10.1 Å². The summed E-state index contributed by atoms with van der Waals surface area (Å²) < 4.78 is 5.15. The Balaban J connectivity index is 1.76. The largest absolute Gasteiger partial charge is 0.507 e. The fraction of sp³-hybridized carbons (Fsp3) is 0.333. The summed E-state index contributed by atoms with van der Waals surface area (Å²) in [5.74, 6) is -1.31. The molecule has 2 saturated heterocycles. The zero-order chi connectivity index (χ0) is 24.2. The minimum Gasteiger partial charge on any atom is -0.507 e. The van der Waals surface area contributed by atoms with Crippen LogP contribution < -0.4 is 10.1 Å². The van der Waals surface area contributed by atoms with Crippen molar-refractivity contribution in [2.75, 3.05) is 46.4 Å². The first-order valence-electron chi connectivity index (χ1n) is 11.0. The molecule has 0 saturated carbocycles. The van der Waals surface area contributed by atoms with Gasteiger partial charge in [0.2, 0.25) is 0 Å². The van der Waals surface area contributed by atoms with Crippen LogP contribution in [0.2, 0.25) is 0 Å². The number of non-ortho nitro benzene ring substituents is 1. The van der Waals surface area contributed by atoms with Crippen LogP contribution in [0.4, 0.5) is 5.69 Å². The Bertz CT molecular complexity index is 1120. The lowest BCUT2D eigenvalue weighted by Gasteiger charge is -2.31. The van der Waals surface area contributed by atoms with Crippen molar-refractivity contribution in [3.8, 4) is 5.75 Å². The summed E-state index contributed by atoms with van der Waals surface area (Å²) in [5.41, 5.74) is 0.491. The van der Waals surface area contributed by atoms with Gasteiger partial charge in [-0.3, -0.25) is 24.6 Å². The number of likely N-dealkylation sites (tertiary alicyclic amines) is 1. The lowest BCUT2D eigenvalue weighted by molar-refractivity contribution is -0.384. The van der Waals surface area contributed by atoms with E-state index in [0.29, 0.717) is 23.4 Å². The highest BCUT2D eigenvalue weighted by molar-refractivity contribution is 6.46. The number of ether oxygens (including phenoxy) is 1. The second-order valence-electron chi connectivity index (χ2n) is 8.16. The highest BCUT2D eigenvalue weighted by Crippen LogP contribution is 2.40. The van der Waals surface area contributed by atoms with Crippen molar-refractivity contribution in [3.63, 3.8) is 0 Å². The molecule has 10 nitrogen and oxygen atoms in total. The van der Waals surface area contributed by atoms with Gasteiger partial charge < -0.3 is 20.1 Å². The molecule has 1 unspecified atom stereocenters. The molecule has 34 heavy (non-hydrogen) atoms. The predicted molar refractivity (Wildman–Crippen MR) is 124 cm³/mol.